The van der Waals surface area contributed by atoms with E-state index in [4.69, 9.17) is 18.9 Å². The predicted molar refractivity (Wildman–Crippen MR) is 106 cm³/mol. The normalized spacial score (nSPS) is 10.5. The molecule has 0 heterocycles. The third-order valence-corrected chi connectivity index (χ3v) is 4.27. The van der Waals surface area contributed by atoms with Gasteiger partial charge in [0.15, 0.2) is 23.0 Å². The fourth-order valence-electron chi connectivity index (χ4n) is 2.89. The standard InChI is InChI=1S/C21H25F2NO6/c1-26-16-9-13(5-6-15(16)30-21(22)23)7-8-24-19(25)12-14-10-17(27-2)20(29-4)18(11-14)28-3/h5-6,9-11,21H,7-8,12H2,1-4H3,(H,24,25). The maximum absolute atomic E-state index is 12.4. The summed E-state index contributed by atoms with van der Waals surface area (Å²) in [6.07, 6.45) is 0.619. The maximum atomic E-state index is 12.4. The molecule has 0 aliphatic carbocycles. The quantitative estimate of drug-likeness (QED) is 0.596. The number of nitrogens with one attached hydrogen (secondary N) is 1. The molecule has 9 heteroatoms. The van der Waals surface area contributed by atoms with E-state index in [1.807, 2.05) is 0 Å². The molecule has 2 rings (SSSR count). The van der Waals surface area contributed by atoms with Gasteiger partial charge in [-0.25, -0.2) is 0 Å². The molecule has 0 spiro atoms. The van der Waals surface area contributed by atoms with Gasteiger partial charge in [0.1, 0.15) is 0 Å². The Hall–Kier alpha value is -3.23. The van der Waals surface area contributed by atoms with E-state index in [2.05, 4.69) is 10.1 Å². The van der Waals surface area contributed by atoms with Gasteiger partial charge < -0.3 is 29.0 Å². The van der Waals surface area contributed by atoms with Crippen LogP contribution in [0.2, 0.25) is 0 Å². The Bertz CT molecular complexity index is 834. The summed E-state index contributed by atoms with van der Waals surface area (Å²) < 4.78 is 50.1. The van der Waals surface area contributed by atoms with Gasteiger partial charge in [0.05, 0.1) is 34.9 Å². The molecule has 0 fully saturated rings. The number of hydrogen-bond acceptors (Lipinski definition) is 6. The number of hydrogen-bond donors (Lipinski definition) is 1. The summed E-state index contributed by atoms with van der Waals surface area (Å²) in [5.41, 5.74) is 1.51. The molecule has 0 atom stereocenters. The van der Waals surface area contributed by atoms with Crippen molar-refractivity contribution in [3.05, 3.63) is 41.5 Å². The number of carbonyl (C=O) groups is 1. The second kappa shape index (κ2) is 11.1. The summed E-state index contributed by atoms with van der Waals surface area (Å²) in [6.45, 7) is -2.57. The summed E-state index contributed by atoms with van der Waals surface area (Å²) in [4.78, 5) is 12.3. The molecule has 0 radical (unpaired) electrons. The Morgan fingerprint density at radius 3 is 2.00 bits per heavy atom. The highest BCUT2D eigenvalue weighted by atomic mass is 19.3. The van der Waals surface area contributed by atoms with Gasteiger partial charge in [-0.1, -0.05) is 6.07 Å². The van der Waals surface area contributed by atoms with Crippen molar-refractivity contribution in [3.63, 3.8) is 0 Å². The molecule has 0 aliphatic heterocycles. The van der Waals surface area contributed by atoms with Crippen LogP contribution >= 0.6 is 0 Å². The number of benzene rings is 2. The minimum atomic E-state index is -2.93. The zero-order valence-corrected chi connectivity index (χ0v) is 17.3. The zero-order chi connectivity index (χ0) is 22.1. The van der Waals surface area contributed by atoms with Crippen molar-refractivity contribution in [1.29, 1.82) is 0 Å². The lowest BCUT2D eigenvalue weighted by Gasteiger charge is -2.14. The molecule has 1 amide bonds. The molecule has 2 aromatic carbocycles. The number of alkyl halides is 2. The number of carbonyl (C=O) groups excluding carboxylic acids is 1. The Morgan fingerprint density at radius 2 is 1.47 bits per heavy atom. The van der Waals surface area contributed by atoms with E-state index in [1.165, 1.54) is 34.5 Å². The number of methoxy groups -OCH3 is 4. The molecule has 0 saturated heterocycles. The summed E-state index contributed by atoms with van der Waals surface area (Å²) in [6, 6.07) is 8.09. The van der Waals surface area contributed by atoms with Crippen LogP contribution in [-0.2, 0) is 17.6 Å². The predicted octanol–water partition coefficient (Wildman–Crippen LogP) is 3.22. The van der Waals surface area contributed by atoms with Crippen LogP contribution in [0.4, 0.5) is 8.78 Å². The lowest BCUT2D eigenvalue weighted by molar-refractivity contribution is -0.120. The number of halogens is 2. The monoisotopic (exact) mass is 425 g/mol. The van der Waals surface area contributed by atoms with E-state index < -0.39 is 6.61 Å². The lowest BCUT2D eigenvalue weighted by atomic mass is 10.1. The molecule has 164 valence electrons. The summed E-state index contributed by atoms with van der Waals surface area (Å²) >= 11 is 0. The van der Waals surface area contributed by atoms with E-state index in [-0.39, 0.29) is 23.8 Å². The maximum Gasteiger partial charge on any atom is 0.387 e. The fraction of sp³-hybridized carbons (Fsp3) is 0.381. The van der Waals surface area contributed by atoms with Crippen molar-refractivity contribution in [1.82, 2.24) is 5.32 Å². The van der Waals surface area contributed by atoms with Crippen LogP contribution < -0.4 is 29.0 Å². The zero-order valence-electron chi connectivity index (χ0n) is 17.3. The first kappa shape index (κ1) is 23.1. The first-order valence-corrected chi connectivity index (χ1v) is 9.09. The van der Waals surface area contributed by atoms with Gasteiger partial charge in [-0.05, 0) is 41.8 Å². The van der Waals surface area contributed by atoms with Crippen molar-refractivity contribution >= 4 is 5.91 Å². The summed E-state index contributed by atoms with van der Waals surface area (Å²) in [5.74, 6) is 1.38. The average molecular weight is 425 g/mol. The summed E-state index contributed by atoms with van der Waals surface area (Å²) in [7, 11) is 5.89. The van der Waals surface area contributed by atoms with Crippen molar-refractivity contribution in [2.24, 2.45) is 0 Å². The summed E-state index contributed by atoms with van der Waals surface area (Å²) in [5, 5.41) is 2.82. The van der Waals surface area contributed by atoms with Crippen molar-refractivity contribution < 1.29 is 37.3 Å². The second-order valence-corrected chi connectivity index (χ2v) is 6.17. The van der Waals surface area contributed by atoms with Crippen LogP contribution in [0, 0.1) is 0 Å². The van der Waals surface area contributed by atoms with E-state index in [9.17, 15) is 13.6 Å². The third kappa shape index (κ3) is 6.13. The smallest absolute Gasteiger partial charge is 0.387 e. The van der Waals surface area contributed by atoms with Gasteiger partial charge in [-0.2, -0.15) is 8.78 Å². The van der Waals surface area contributed by atoms with E-state index in [0.29, 0.717) is 35.8 Å². The molecule has 30 heavy (non-hydrogen) atoms. The van der Waals surface area contributed by atoms with Gasteiger partial charge in [0.2, 0.25) is 11.7 Å². The minimum Gasteiger partial charge on any atom is -0.493 e. The van der Waals surface area contributed by atoms with E-state index >= 15 is 0 Å². The number of ether oxygens (including phenoxy) is 5. The molecular weight excluding hydrogens is 400 g/mol. The van der Waals surface area contributed by atoms with Gasteiger partial charge >= 0.3 is 6.61 Å². The molecule has 0 aliphatic rings. The van der Waals surface area contributed by atoms with Crippen LogP contribution in [-0.4, -0.2) is 47.5 Å². The highest BCUT2D eigenvalue weighted by Crippen LogP contribution is 2.38. The highest BCUT2D eigenvalue weighted by molar-refractivity contribution is 5.79. The Morgan fingerprint density at radius 1 is 0.867 bits per heavy atom. The van der Waals surface area contributed by atoms with Gasteiger partial charge in [-0.15, -0.1) is 0 Å². The minimum absolute atomic E-state index is 0.0392. The fourth-order valence-corrected chi connectivity index (χ4v) is 2.89. The van der Waals surface area contributed by atoms with Crippen LogP contribution in [0.15, 0.2) is 30.3 Å². The largest absolute Gasteiger partial charge is 0.493 e. The first-order chi connectivity index (χ1) is 14.4. The van der Waals surface area contributed by atoms with E-state index in [0.717, 1.165) is 5.56 Å². The van der Waals surface area contributed by atoms with Gasteiger partial charge in [-0.3, -0.25) is 4.79 Å². The van der Waals surface area contributed by atoms with Gasteiger partial charge in [0, 0.05) is 6.54 Å². The van der Waals surface area contributed by atoms with Crippen LogP contribution in [0.5, 0.6) is 28.7 Å². The Balaban J connectivity index is 1.95. The van der Waals surface area contributed by atoms with E-state index in [1.54, 1.807) is 24.3 Å². The van der Waals surface area contributed by atoms with Crippen LogP contribution in [0.1, 0.15) is 11.1 Å². The van der Waals surface area contributed by atoms with Crippen molar-refractivity contribution in [3.8, 4) is 28.7 Å². The second-order valence-electron chi connectivity index (χ2n) is 6.17. The molecule has 0 aromatic heterocycles. The molecule has 0 unspecified atom stereocenters. The number of rotatable bonds is 11. The third-order valence-electron chi connectivity index (χ3n) is 4.27. The molecule has 0 bridgehead atoms. The van der Waals surface area contributed by atoms with Crippen LogP contribution in [0.25, 0.3) is 0 Å². The average Bonchev–Trinajstić information content (AvgIpc) is 2.73. The Kier molecular flexibility index (Phi) is 8.52. The topological polar surface area (TPSA) is 75.3 Å². The first-order valence-electron chi connectivity index (χ1n) is 9.09. The molecule has 1 N–H and O–H groups in total. The van der Waals surface area contributed by atoms with Crippen molar-refractivity contribution in [2.45, 2.75) is 19.5 Å². The van der Waals surface area contributed by atoms with Crippen molar-refractivity contribution in [2.75, 3.05) is 35.0 Å². The SMILES string of the molecule is COc1cc(CCNC(=O)Cc2cc(OC)c(OC)c(OC)c2)ccc1OC(F)F. The number of amides is 1. The lowest BCUT2D eigenvalue weighted by Crippen LogP contribution is -2.27. The molecule has 7 nitrogen and oxygen atoms in total. The molecule has 0 saturated carbocycles. The molecular formula is C21H25F2NO6. The highest BCUT2D eigenvalue weighted by Gasteiger charge is 2.15. The van der Waals surface area contributed by atoms with Crippen LogP contribution in [0.3, 0.4) is 0 Å². The Labute approximate surface area is 173 Å². The van der Waals surface area contributed by atoms with Gasteiger partial charge in [0.25, 0.3) is 0 Å². The molecule has 2 aromatic rings.